The molecule has 1 amide bonds. The molecule has 6 nitrogen and oxygen atoms in total. The third kappa shape index (κ3) is 3.15. The lowest BCUT2D eigenvalue weighted by Crippen LogP contribution is -2.44. The number of hydrogen-bond donors (Lipinski definition) is 2. The molecule has 3 aromatic carbocycles. The van der Waals surface area contributed by atoms with E-state index in [4.69, 9.17) is 9.47 Å². The van der Waals surface area contributed by atoms with Crippen molar-refractivity contribution < 1.29 is 19.4 Å². The number of amides is 1. The maximum atomic E-state index is 12.9. The molecular weight excluding hydrogens is 404 g/mol. The Hall–Kier alpha value is -3.32. The van der Waals surface area contributed by atoms with Crippen molar-refractivity contribution in [1.82, 2.24) is 10.3 Å². The van der Waals surface area contributed by atoms with Crippen LogP contribution < -0.4 is 5.32 Å². The Kier molecular flexibility index (Phi) is 4.64. The number of aliphatic hydroxyl groups is 1. The Morgan fingerprint density at radius 2 is 1.69 bits per heavy atom. The molecule has 2 saturated heterocycles. The minimum absolute atomic E-state index is 0.177. The Bertz CT molecular complexity index is 1330. The van der Waals surface area contributed by atoms with E-state index in [-0.39, 0.29) is 30.8 Å². The van der Waals surface area contributed by atoms with E-state index in [0.29, 0.717) is 12.2 Å². The molecule has 32 heavy (non-hydrogen) atoms. The van der Waals surface area contributed by atoms with Gasteiger partial charge in [-0.25, -0.2) is 0 Å². The molecule has 4 aromatic rings. The number of para-hydroxylation sites is 1. The summed E-state index contributed by atoms with van der Waals surface area (Å²) in [7, 11) is 0. The van der Waals surface area contributed by atoms with Crippen molar-refractivity contribution in [3.8, 4) is 11.1 Å². The summed E-state index contributed by atoms with van der Waals surface area (Å²) >= 11 is 0. The number of hydrogen-bond acceptors (Lipinski definition) is 5. The van der Waals surface area contributed by atoms with Crippen LogP contribution in [0.3, 0.4) is 0 Å². The number of nitrogens with one attached hydrogen (secondary N) is 1. The molecule has 4 atom stereocenters. The molecule has 1 aromatic heterocycles. The first-order valence-corrected chi connectivity index (χ1v) is 10.8. The van der Waals surface area contributed by atoms with E-state index in [1.165, 1.54) is 0 Å². The summed E-state index contributed by atoms with van der Waals surface area (Å²) in [6, 6.07) is 21.8. The number of aromatic nitrogens is 1. The number of rotatable bonds is 3. The number of fused-ring (bicyclic) bond motifs is 3. The van der Waals surface area contributed by atoms with Crippen molar-refractivity contribution in [3.05, 3.63) is 78.5 Å². The lowest BCUT2D eigenvalue weighted by molar-refractivity contribution is 0.0178. The summed E-state index contributed by atoms with van der Waals surface area (Å²) in [6.07, 6.45) is 0.502. The van der Waals surface area contributed by atoms with Crippen LogP contribution in [-0.4, -0.2) is 53.6 Å². The zero-order valence-electron chi connectivity index (χ0n) is 17.3. The molecule has 6 heteroatoms. The van der Waals surface area contributed by atoms with Crippen LogP contribution >= 0.6 is 0 Å². The molecule has 3 heterocycles. The number of benzene rings is 3. The lowest BCUT2D eigenvalue weighted by Gasteiger charge is -2.17. The van der Waals surface area contributed by atoms with Crippen molar-refractivity contribution in [3.63, 3.8) is 0 Å². The monoisotopic (exact) mass is 426 g/mol. The third-order valence-electron chi connectivity index (χ3n) is 6.41. The number of aliphatic hydroxyl groups excluding tert-OH is 1. The average molecular weight is 426 g/mol. The fraction of sp³-hybridized carbons (Fsp3) is 0.231. The summed E-state index contributed by atoms with van der Waals surface area (Å²) in [4.78, 5) is 17.5. The predicted molar refractivity (Wildman–Crippen MR) is 121 cm³/mol. The van der Waals surface area contributed by atoms with Gasteiger partial charge in [0.15, 0.2) is 0 Å². The van der Waals surface area contributed by atoms with Crippen molar-refractivity contribution >= 4 is 27.6 Å². The zero-order valence-corrected chi connectivity index (χ0v) is 17.3. The molecule has 0 radical (unpaired) electrons. The second-order valence-corrected chi connectivity index (χ2v) is 8.37. The van der Waals surface area contributed by atoms with Gasteiger partial charge in [-0.1, -0.05) is 48.5 Å². The van der Waals surface area contributed by atoms with Gasteiger partial charge in [0.05, 0.1) is 24.8 Å². The van der Waals surface area contributed by atoms with E-state index in [9.17, 15) is 9.90 Å². The predicted octanol–water partition coefficient (Wildman–Crippen LogP) is 3.31. The van der Waals surface area contributed by atoms with Crippen molar-refractivity contribution in [2.75, 3.05) is 13.2 Å². The van der Waals surface area contributed by atoms with Crippen molar-refractivity contribution in [1.29, 1.82) is 0 Å². The molecule has 2 fully saturated rings. The zero-order chi connectivity index (χ0) is 21.7. The molecule has 2 aliphatic rings. The van der Waals surface area contributed by atoms with Crippen LogP contribution in [0.5, 0.6) is 0 Å². The molecule has 6 rings (SSSR count). The third-order valence-corrected chi connectivity index (χ3v) is 6.41. The minimum Gasteiger partial charge on any atom is -0.388 e. The van der Waals surface area contributed by atoms with Gasteiger partial charge in [-0.3, -0.25) is 9.78 Å². The van der Waals surface area contributed by atoms with E-state index >= 15 is 0 Å². The van der Waals surface area contributed by atoms with E-state index in [1.807, 2.05) is 48.7 Å². The Morgan fingerprint density at radius 3 is 2.59 bits per heavy atom. The van der Waals surface area contributed by atoms with Gasteiger partial charge in [0, 0.05) is 22.7 Å². The molecule has 2 N–H and O–H groups in total. The number of ether oxygens (including phenoxy) is 2. The number of carbonyl (C=O) groups is 1. The highest BCUT2D eigenvalue weighted by atomic mass is 16.6. The van der Waals surface area contributed by atoms with E-state index in [2.05, 4.69) is 34.6 Å². The van der Waals surface area contributed by atoms with Gasteiger partial charge in [0.25, 0.3) is 5.91 Å². The SMILES string of the molecule is O=C(N[C@@H]1CO[C@H]2[C@@H]1OC[C@H]2O)c1ccc2c(-c3cccc4cccnc34)cccc2c1. The topological polar surface area (TPSA) is 80.7 Å². The lowest BCUT2D eigenvalue weighted by atomic mass is 9.95. The number of nitrogens with zero attached hydrogens (tertiary/aromatic N) is 1. The molecule has 0 bridgehead atoms. The van der Waals surface area contributed by atoms with E-state index in [0.717, 1.165) is 32.8 Å². The van der Waals surface area contributed by atoms with Crippen LogP contribution in [0.1, 0.15) is 10.4 Å². The summed E-state index contributed by atoms with van der Waals surface area (Å²) < 4.78 is 11.2. The quantitative estimate of drug-likeness (QED) is 0.525. The minimum atomic E-state index is -0.635. The van der Waals surface area contributed by atoms with Gasteiger partial charge < -0.3 is 19.9 Å². The van der Waals surface area contributed by atoms with E-state index in [1.54, 1.807) is 0 Å². The normalized spacial score (nSPS) is 24.7. The summed E-state index contributed by atoms with van der Waals surface area (Å²) in [5.74, 6) is -0.177. The highest BCUT2D eigenvalue weighted by Gasteiger charge is 2.47. The standard InChI is InChI=1S/C26H22N2O4/c29-22-14-32-24-21(13-31-25(22)24)28-26(30)17-9-10-18-16(12-17)5-2-7-19(18)20-8-1-4-15-6-3-11-27-23(15)20/h1-12,21-22,24-25,29H,13-14H2,(H,28,30)/t21-,22-,24-,25-/m1/s1. The van der Waals surface area contributed by atoms with Crippen molar-refractivity contribution in [2.45, 2.75) is 24.4 Å². The maximum Gasteiger partial charge on any atom is 0.251 e. The largest absolute Gasteiger partial charge is 0.388 e. The number of pyridine rings is 1. The fourth-order valence-corrected chi connectivity index (χ4v) is 4.84. The van der Waals surface area contributed by atoms with Crippen LogP contribution in [-0.2, 0) is 9.47 Å². The molecule has 0 saturated carbocycles. The van der Waals surface area contributed by atoms with Gasteiger partial charge in [0.1, 0.15) is 18.3 Å². The fourth-order valence-electron chi connectivity index (χ4n) is 4.84. The average Bonchev–Trinajstić information content (AvgIpc) is 3.41. The molecular formula is C26H22N2O4. The maximum absolute atomic E-state index is 12.9. The van der Waals surface area contributed by atoms with E-state index < -0.39 is 6.10 Å². The first-order valence-electron chi connectivity index (χ1n) is 10.8. The second kappa shape index (κ2) is 7.67. The smallest absolute Gasteiger partial charge is 0.251 e. The molecule has 0 spiro atoms. The Balaban J connectivity index is 1.33. The van der Waals surface area contributed by atoms with Crippen LogP contribution in [0.2, 0.25) is 0 Å². The summed E-state index contributed by atoms with van der Waals surface area (Å²) in [5, 5.41) is 16.1. The van der Waals surface area contributed by atoms with Gasteiger partial charge >= 0.3 is 0 Å². The molecule has 2 aliphatic heterocycles. The highest BCUT2D eigenvalue weighted by Crippen LogP contribution is 2.33. The Labute approximate surface area is 184 Å². The van der Waals surface area contributed by atoms with Gasteiger partial charge in [-0.05, 0) is 34.5 Å². The molecule has 0 aliphatic carbocycles. The second-order valence-electron chi connectivity index (χ2n) is 8.37. The van der Waals surface area contributed by atoms with Crippen LogP contribution in [0.25, 0.3) is 32.8 Å². The van der Waals surface area contributed by atoms with Crippen LogP contribution in [0, 0.1) is 0 Å². The van der Waals surface area contributed by atoms with Gasteiger partial charge in [0.2, 0.25) is 0 Å². The van der Waals surface area contributed by atoms with Crippen LogP contribution in [0.15, 0.2) is 72.9 Å². The Morgan fingerprint density at radius 1 is 0.906 bits per heavy atom. The van der Waals surface area contributed by atoms with Crippen molar-refractivity contribution in [2.24, 2.45) is 0 Å². The van der Waals surface area contributed by atoms with Crippen LogP contribution in [0.4, 0.5) is 0 Å². The first kappa shape index (κ1) is 19.4. The number of carbonyl (C=O) groups excluding carboxylic acids is 1. The summed E-state index contributed by atoms with van der Waals surface area (Å²) in [6.45, 7) is 0.577. The van der Waals surface area contributed by atoms with Gasteiger partial charge in [-0.15, -0.1) is 0 Å². The van der Waals surface area contributed by atoms with Gasteiger partial charge in [-0.2, -0.15) is 0 Å². The molecule has 0 unspecified atom stereocenters. The molecule has 160 valence electrons. The summed E-state index contributed by atoms with van der Waals surface area (Å²) in [5.41, 5.74) is 3.68. The highest BCUT2D eigenvalue weighted by molar-refractivity contribution is 6.06. The first-order chi connectivity index (χ1) is 15.7.